The molecular formula is C17H16N2O2. The van der Waals surface area contributed by atoms with Crippen LogP contribution in [0.4, 0.5) is 0 Å². The van der Waals surface area contributed by atoms with Crippen LogP contribution in [0.15, 0.2) is 48.5 Å². The fourth-order valence-corrected chi connectivity index (χ4v) is 2.47. The van der Waals surface area contributed by atoms with E-state index in [0.29, 0.717) is 6.42 Å². The fraction of sp³-hybridized carbons (Fsp3) is 0.176. The van der Waals surface area contributed by atoms with Gasteiger partial charge in [-0.05, 0) is 29.8 Å². The molecule has 4 nitrogen and oxygen atoms in total. The number of imidazole rings is 1. The summed E-state index contributed by atoms with van der Waals surface area (Å²) in [6.07, 6.45) is 0.609. The Morgan fingerprint density at radius 2 is 1.86 bits per heavy atom. The number of carbonyl (C=O) groups is 1. The van der Waals surface area contributed by atoms with E-state index >= 15 is 0 Å². The van der Waals surface area contributed by atoms with Crippen LogP contribution in [0.5, 0.6) is 5.75 Å². The van der Waals surface area contributed by atoms with Gasteiger partial charge in [-0.15, -0.1) is 0 Å². The van der Waals surface area contributed by atoms with Crippen molar-refractivity contribution >= 4 is 16.9 Å². The van der Waals surface area contributed by atoms with Crippen LogP contribution in [0.1, 0.15) is 23.1 Å². The molecule has 106 valence electrons. The second kappa shape index (κ2) is 5.40. The number of aromatic nitrogens is 2. The number of para-hydroxylation sites is 2. The maximum absolute atomic E-state index is 11.9. The number of fused-ring (bicyclic) bond motifs is 1. The van der Waals surface area contributed by atoms with Crippen molar-refractivity contribution in [3.63, 3.8) is 0 Å². The van der Waals surface area contributed by atoms with Gasteiger partial charge in [0, 0.05) is 13.3 Å². The van der Waals surface area contributed by atoms with Gasteiger partial charge < -0.3 is 4.74 Å². The number of ether oxygens (including phenoxy) is 1. The van der Waals surface area contributed by atoms with Crippen LogP contribution in [-0.2, 0) is 6.42 Å². The molecule has 0 spiro atoms. The summed E-state index contributed by atoms with van der Waals surface area (Å²) >= 11 is 0. The van der Waals surface area contributed by atoms with Gasteiger partial charge in [-0.25, -0.2) is 4.98 Å². The average Bonchev–Trinajstić information content (AvgIpc) is 2.86. The molecule has 0 saturated carbocycles. The van der Waals surface area contributed by atoms with E-state index in [9.17, 15) is 4.79 Å². The summed E-state index contributed by atoms with van der Waals surface area (Å²) in [4.78, 5) is 16.5. The molecule has 0 radical (unpaired) electrons. The van der Waals surface area contributed by atoms with E-state index < -0.39 is 0 Å². The number of hydrogen-bond acceptors (Lipinski definition) is 3. The van der Waals surface area contributed by atoms with Crippen LogP contribution in [0.25, 0.3) is 11.0 Å². The van der Waals surface area contributed by atoms with E-state index in [4.69, 9.17) is 4.74 Å². The Morgan fingerprint density at radius 3 is 2.52 bits per heavy atom. The minimum atomic E-state index is -0.0211. The van der Waals surface area contributed by atoms with E-state index in [2.05, 4.69) is 4.98 Å². The molecule has 0 unspecified atom stereocenters. The molecule has 0 aliphatic carbocycles. The summed E-state index contributed by atoms with van der Waals surface area (Å²) in [7, 11) is 1.64. The summed E-state index contributed by atoms with van der Waals surface area (Å²) in [6, 6.07) is 15.5. The first-order chi connectivity index (χ1) is 10.2. The first kappa shape index (κ1) is 13.4. The lowest BCUT2D eigenvalue weighted by Gasteiger charge is -2.06. The predicted octanol–water partition coefficient (Wildman–Crippen LogP) is 3.30. The highest BCUT2D eigenvalue weighted by molar-refractivity contribution is 5.89. The van der Waals surface area contributed by atoms with Crippen LogP contribution in [0.2, 0.25) is 0 Å². The van der Waals surface area contributed by atoms with Crippen LogP contribution in [0.3, 0.4) is 0 Å². The summed E-state index contributed by atoms with van der Waals surface area (Å²) in [6.45, 7) is 1.56. The van der Waals surface area contributed by atoms with Crippen LogP contribution in [-0.4, -0.2) is 22.6 Å². The van der Waals surface area contributed by atoms with Gasteiger partial charge in [-0.1, -0.05) is 24.3 Å². The predicted molar refractivity (Wildman–Crippen MR) is 81.8 cm³/mol. The zero-order valence-electron chi connectivity index (χ0n) is 12.0. The Labute approximate surface area is 123 Å². The second-order valence-corrected chi connectivity index (χ2v) is 4.90. The van der Waals surface area contributed by atoms with Crippen molar-refractivity contribution < 1.29 is 9.53 Å². The average molecular weight is 280 g/mol. The van der Waals surface area contributed by atoms with Crippen molar-refractivity contribution in [1.82, 2.24) is 9.55 Å². The highest BCUT2D eigenvalue weighted by Crippen LogP contribution is 2.19. The molecule has 0 atom stereocenters. The summed E-state index contributed by atoms with van der Waals surface area (Å²) in [5.41, 5.74) is 2.79. The normalized spacial score (nSPS) is 10.8. The number of carbonyl (C=O) groups excluding carboxylic acids is 1. The highest BCUT2D eigenvalue weighted by atomic mass is 16.5. The largest absolute Gasteiger partial charge is 0.497 e. The lowest BCUT2D eigenvalue weighted by Crippen LogP contribution is -2.10. The van der Waals surface area contributed by atoms with E-state index in [0.717, 1.165) is 28.2 Å². The van der Waals surface area contributed by atoms with Crippen molar-refractivity contribution in [3.05, 3.63) is 59.9 Å². The molecule has 0 fully saturated rings. The quantitative estimate of drug-likeness (QED) is 0.739. The van der Waals surface area contributed by atoms with Gasteiger partial charge in [0.05, 0.1) is 18.1 Å². The summed E-state index contributed by atoms with van der Waals surface area (Å²) in [5.74, 6) is 1.56. The molecule has 2 aromatic carbocycles. The maximum Gasteiger partial charge on any atom is 0.229 e. The molecule has 1 heterocycles. The van der Waals surface area contributed by atoms with Gasteiger partial charge >= 0.3 is 0 Å². The molecule has 3 rings (SSSR count). The minimum Gasteiger partial charge on any atom is -0.497 e. The zero-order chi connectivity index (χ0) is 14.8. The number of nitrogens with zero attached hydrogens (tertiary/aromatic N) is 2. The van der Waals surface area contributed by atoms with Crippen LogP contribution < -0.4 is 4.74 Å². The Bertz CT molecular complexity index is 788. The van der Waals surface area contributed by atoms with E-state index in [1.165, 1.54) is 0 Å². The SMILES string of the molecule is COc1ccc(Cc2nc3ccccc3n2C(C)=O)cc1. The summed E-state index contributed by atoms with van der Waals surface area (Å²) < 4.78 is 6.83. The smallest absolute Gasteiger partial charge is 0.229 e. The zero-order valence-corrected chi connectivity index (χ0v) is 12.0. The second-order valence-electron chi connectivity index (χ2n) is 4.90. The van der Waals surface area contributed by atoms with Gasteiger partial charge in [0.2, 0.25) is 5.91 Å². The van der Waals surface area contributed by atoms with E-state index in [-0.39, 0.29) is 5.91 Å². The number of methoxy groups -OCH3 is 1. The molecule has 0 saturated heterocycles. The molecule has 1 aromatic heterocycles. The third-order valence-corrected chi connectivity index (χ3v) is 3.47. The Kier molecular flexibility index (Phi) is 3.44. The first-order valence-corrected chi connectivity index (χ1v) is 6.79. The molecule has 0 N–H and O–H groups in total. The van der Waals surface area contributed by atoms with Crippen LogP contribution >= 0.6 is 0 Å². The van der Waals surface area contributed by atoms with E-state index in [1.54, 1.807) is 18.6 Å². The third-order valence-electron chi connectivity index (χ3n) is 3.47. The number of benzene rings is 2. The first-order valence-electron chi connectivity index (χ1n) is 6.79. The van der Waals surface area contributed by atoms with Crippen molar-refractivity contribution in [3.8, 4) is 5.75 Å². The molecular weight excluding hydrogens is 264 g/mol. The lowest BCUT2D eigenvalue weighted by atomic mass is 10.1. The molecule has 0 aliphatic rings. The van der Waals surface area contributed by atoms with Gasteiger partial charge in [0.15, 0.2) is 0 Å². The molecule has 0 aliphatic heterocycles. The topological polar surface area (TPSA) is 44.1 Å². The molecule has 3 aromatic rings. The highest BCUT2D eigenvalue weighted by Gasteiger charge is 2.13. The monoisotopic (exact) mass is 280 g/mol. The fourth-order valence-electron chi connectivity index (χ4n) is 2.47. The number of hydrogen-bond donors (Lipinski definition) is 0. The minimum absolute atomic E-state index is 0.0211. The van der Waals surface area contributed by atoms with Crippen molar-refractivity contribution in [2.45, 2.75) is 13.3 Å². The summed E-state index contributed by atoms with van der Waals surface area (Å²) in [5, 5.41) is 0. The standard InChI is InChI=1S/C17H16N2O2/c1-12(20)19-16-6-4-3-5-15(16)18-17(19)11-13-7-9-14(21-2)10-8-13/h3-10H,11H2,1-2H3. The molecule has 21 heavy (non-hydrogen) atoms. The molecule has 0 bridgehead atoms. The number of rotatable bonds is 3. The van der Waals surface area contributed by atoms with Gasteiger partial charge in [-0.2, -0.15) is 0 Å². The Balaban J connectivity index is 2.02. The van der Waals surface area contributed by atoms with Gasteiger partial charge in [0.25, 0.3) is 0 Å². The lowest BCUT2D eigenvalue weighted by molar-refractivity contribution is 0.0938. The van der Waals surface area contributed by atoms with Crippen molar-refractivity contribution in [1.29, 1.82) is 0 Å². The third kappa shape index (κ3) is 2.52. The molecule has 0 amide bonds. The van der Waals surface area contributed by atoms with Gasteiger partial charge in [-0.3, -0.25) is 9.36 Å². The maximum atomic E-state index is 11.9. The van der Waals surface area contributed by atoms with Gasteiger partial charge in [0.1, 0.15) is 11.6 Å². The van der Waals surface area contributed by atoms with Crippen LogP contribution in [0, 0.1) is 0 Å². The van der Waals surface area contributed by atoms with E-state index in [1.807, 2.05) is 48.5 Å². The van der Waals surface area contributed by atoms with Crippen molar-refractivity contribution in [2.75, 3.05) is 7.11 Å². The Hall–Kier alpha value is -2.62. The Morgan fingerprint density at radius 1 is 1.14 bits per heavy atom. The van der Waals surface area contributed by atoms with Crippen molar-refractivity contribution in [2.24, 2.45) is 0 Å². The molecule has 4 heteroatoms.